The topological polar surface area (TPSA) is 72.5 Å². The second-order valence-corrected chi connectivity index (χ2v) is 7.32. The van der Waals surface area contributed by atoms with Gasteiger partial charge in [-0.15, -0.1) is 0 Å². The third-order valence-corrected chi connectivity index (χ3v) is 5.25. The fourth-order valence-electron chi connectivity index (χ4n) is 2.53. The van der Waals surface area contributed by atoms with Gasteiger partial charge in [-0.05, 0) is 30.3 Å². The number of carbonyl (C=O) groups excluding carboxylic acids is 1. The van der Waals surface area contributed by atoms with E-state index in [2.05, 4.69) is 4.72 Å². The van der Waals surface area contributed by atoms with Crippen molar-refractivity contribution in [1.29, 1.82) is 0 Å². The molecule has 1 N–H and O–H groups in total. The second kappa shape index (κ2) is 7.59. The van der Waals surface area contributed by atoms with Gasteiger partial charge in [-0.25, -0.2) is 12.8 Å². The zero-order chi connectivity index (χ0) is 19.4. The molecule has 0 radical (unpaired) electrons. The van der Waals surface area contributed by atoms with E-state index in [1.54, 1.807) is 42.5 Å². The molecule has 7 heteroatoms. The van der Waals surface area contributed by atoms with Gasteiger partial charge >= 0.3 is 0 Å². The van der Waals surface area contributed by atoms with E-state index in [0.717, 1.165) is 6.07 Å². The van der Waals surface area contributed by atoms with Gasteiger partial charge in [-0.3, -0.25) is 9.52 Å². The third kappa shape index (κ3) is 3.98. The van der Waals surface area contributed by atoms with Gasteiger partial charge in [0.25, 0.3) is 10.0 Å². The minimum absolute atomic E-state index is 0.0615. The summed E-state index contributed by atoms with van der Waals surface area (Å²) in [7, 11) is -2.81. The van der Waals surface area contributed by atoms with Crippen LogP contribution in [0.2, 0.25) is 0 Å². The lowest BCUT2D eigenvalue weighted by Crippen LogP contribution is -2.16. The predicted octanol–water partition coefficient (Wildman–Crippen LogP) is 3.87. The predicted molar refractivity (Wildman–Crippen MR) is 100 cm³/mol. The Balaban J connectivity index is 1.96. The molecule has 0 unspecified atom stereocenters. The Morgan fingerprint density at radius 2 is 1.63 bits per heavy atom. The molecular weight excluding hydrogens is 369 g/mol. The molecule has 3 aromatic carbocycles. The van der Waals surface area contributed by atoms with Crippen LogP contribution in [0.5, 0.6) is 5.75 Å². The number of methoxy groups -OCH3 is 1. The molecule has 0 heterocycles. The molecule has 0 amide bonds. The number of benzene rings is 3. The summed E-state index contributed by atoms with van der Waals surface area (Å²) in [4.78, 5) is 12.4. The first-order chi connectivity index (χ1) is 12.9. The van der Waals surface area contributed by atoms with Gasteiger partial charge in [0.05, 0.1) is 17.7 Å². The van der Waals surface area contributed by atoms with E-state index in [4.69, 9.17) is 4.74 Å². The molecule has 0 saturated heterocycles. The standard InChI is InChI=1S/C20H16FNO4S/c1-26-19-12-11-15(13-17(19)21)27(24,25)22-18-10-6-5-9-16(18)20(23)14-7-3-2-4-8-14/h2-13,22H,1H3. The van der Waals surface area contributed by atoms with Gasteiger partial charge in [0.2, 0.25) is 0 Å². The molecule has 0 aliphatic rings. The first-order valence-corrected chi connectivity index (χ1v) is 9.46. The number of nitrogens with one attached hydrogen (secondary N) is 1. The molecule has 0 fully saturated rings. The van der Waals surface area contributed by atoms with E-state index in [9.17, 15) is 17.6 Å². The van der Waals surface area contributed by atoms with Crippen LogP contribution in [-0.4, -0.2) is 21.3 Å². The number of halogens is 1. The number of para-hydroxylation sites is 1. The highest BCUT2D eigenvalue weighted by Gasteiger charge is 2.20. The van der Waals surface area contributed by atoms with Crippen molar-refractivity contribution in [3.05, 3.63) is 89.7 Å². The SMILES string of the molecule is COc1ccc(S(=O)(=O)Nc2ccccc2C(=O)c2ccccc2)cc1F. The minimum atomic E-state index is -4.10. The summed E-state index contributed by atoms with van der Waals surface area (Å²) < 4.78 is 46.3. The van der Waals surface area contributed by atoms with E-state index >= 15 is 0 Å². The van der Waals surface area contributed by atoms with Crippen molar-refractivity contribution in [1.82, 2.24) is 0 Å². The Morgan fingerprint density at radius 1 is 0.963 bits per heavy atom. The maximum absolute atomic E-state index is 13.9. The summed E-state index contributed by atoms with van der Waals surface area (Å²) >= 11 is 0. The molecule has 3 aromatic rings. The van der Waals surface area contributed by atoms with E-state index in [1.165, 1.54) is 31.4 Å². The average Bonchev–Trinajstić information content (AvgIpc) is 2.68. The summed E-state index contributed by atoms with van der Waals surface area (Å²) in [5.74, 6) is -1.18. The van der Waals surface area contributed by atoms with Crippen LogP contribution >= 0.6 is 0 Å². The van der Waals surface area contributed by atoms with Gasteiger partial charge in [0.1, 0.15) is 0 Å². The highest BCUT2D eigenvalue weighted by Crippen LogP contribution is 2.25. The average molecular weight is 385 g/mol. The zero-order valence-corrected chi connectivity index (χ0v) is 15.2. The monoisotopic (exact) mass is 385 g/mol. The lowest BCUT2D eigenvalue weighted by molar-refractivity contribution is 0.103. The number of sulfonamides is 1. The van der Waals surface area contributed by atoms with Gasteiger partial charge in [-0.2, -0.15) is 0 Å². The van der Waals surface area contributed by atoms with Crippen LogP contribution in [0.1, 0.15) is 15.9 Å². The molecule has 138 valence electrons. The van der Waals surface area contributed by atoms with Crippen molar-refractivity contribution >= 4 is 21.5 Å². The van der Waals surface area contributed by atoms with Crippen molar-refractivity contribution in [2.45, 2.75) is 4.90 Å². The van der Waals surface area contributed by atoms with E-state index < -0.39 is 15.8 Å². The van der Waals surface area contributed by atoms with Crippen molar-refractivity contribution < 1.29 is 22.3 Å². The Labute approximate surface area is 156 Å². The van der Waals surface area contributed by atoms with Crippen LogP contribution in [0.15, 0.2) is 77.7 Å². The number of hydrogen-bond donors (Lipinski definition) is 1. The van der Waals surface area contributed by atoms with Crippen LogP contribution in [0.3, 0.4) is 0 Å². The highest BCUT2D eigenvalue weighted by molar-refractivity contribution is 7.92. The molecule has 0 aliphatic carbocycles. The Kier molecular flexibility index (Phi) is 5.23. The fourth-order valence-corrected chi connectivity index (χ4v) is 3.62. The molecule has 5 nitrogen and oxygen atoms in total. The van der Waals surface area contributed by atoms with Crippen LogP contribution in [-0.2, 0) is 10.0 Å². The van der Waals surface area contributed by atoms with Crippen molar-refractivity contribution in [2.75, 3.05) is 11.8 Å². The van der Waals surface area contributed by atoms with E-state index in [-0.39, 0.29) is 27.7 Å². The minimum Gasteiger partial charge on any atom is -0.494 e. The lowest BCUT2D eigenvalue weighted by Gasteiger charge is -2.13. The second-order valence-electron chi connectivity index (χ2n) is 5.64. The van der Waals surface area contributed by atoms with Crippen molar-refractivity contribution in [2.24, 2.45) is 0 Å². The zero-order valence-electron chi connectivity index (χ0n) is 14.3. The number of ketones is 1. The summed E-state index contributed by atoms with van der Waals surface area (Å²) in [6.07, 6.45) is 0. The number of hydrogen-bond acceptors (Lipinski definition) is 4. The highest BCUT2D eigenvalue weighted by atomic mass is 32.2. The maximum atomic E-state index is 13.9. The number of rotatable bonds is 6. The van der Waals surface area contributed by atoms with Crippen LogP contribution in [0, 0.1) is 5.82 Å². The molecule has 0 saturated carbocycles. The Bertz CT molecular complexity index is 1080. The summed E-state index contributed by atoms with van der Waals surface area (Å²) in [5, 5.41) is 0. The smallest absolute Gasteiger partial charge is 0.262 e. The number of carbonyl (C=O) groups is 1. The molecule has 3 rings (SSSR count). The van der Waals surface area contributed by atoms with E-state index in [1.807, 2.05) is 0 Å². The van der Waals surface area contributed by atoms with Crippen LogP contribution < -0.4 is 9.46 Å². The Hall–Kier alpha value is -3.19. The largest absolute Gasteiger partial charge is 0.494 e. The first-order valence-electron chi connectivity index (χ1n) is 7.97. The van der Waals surface area contributed by atoms with Gasteiger partial charge < -0.3 is 4.74 Å². The summed E-state index contributed by atoms with van der Waals surface area (Å²) in [5.41, 5.74) is 0.739. The van der Waals surface area contributed by atoms with Crippen molar-refractivity contribution in [3.63, 3.8) is 0 Å². The van der Waals surface area contributed by atoms with Crippen LogP contribution in [0.4, 0.5) is 10.1 Å². The molecule has 0 atom stereocenters. The van der Waals surface area contributed by atoms with Crippen LogP contribution in [0.25, 0.3) is 0 Å². The van der Waals surface area contributed by atoms with Gasteiger partial charge in [-0.1, -0.05) is 42.5 Å². The molecular formula is C20H16FNO4S. The third-order valence-electron chi connectivity index (χ3n) is 3.89. The molecule has 0 aromatic heterocycles. The van der Waals surface area contributed by atoms with E-state index in [0.29, 0.717) is 5.56 Å². The van der Waals surface area contributed by atoms with Gasteiger partial charge in [0.15, 0.2) is 17.3 Å². The van der Waals surface area contributed by atoms with Crippen molar-refractivity contribution in [3.8, 4) is 5.75 Å². The lowest BCUT2D eigenvalue weighted by atomic mass is 10.0. The molecule has 27 heavy (non-hydrogen) atoms. The maximum Gasteiger partial charge on any atom is 0.262 e. The molecule has 0 aliphatic heterocycles. The molecule has 0 bridgehead atoms. The van der Waals surface area contributed by atoms with Gasteiger partial charge in [0, 0.05) is 11.1 Å². The summed E-state index contributed by atoms with van der Waals surface area (Å²) in [6.45, 7) is 0. The number of anilines is 1. The Morgan fingerprint density at radius 3 is 2.30 bits per heavy atom. The fraction of sp³-hybridized carbons (Fsp3) is 0.0500. The number of ether oxygens (including phenoxy) is 1. The molecule has 0 spiro atoms. The summed E-state index contributed by atoms with van der Waals surface area (Å²) in [6, 6.07) is 18.1. The quantitative estimate of drug-likeness (QED) is 0.654. The first kappa shape index (κ1) is 18.6. The normalized spacial score (nSPS) is 11.0.